The third kappa shape index (κ3) is 4.26. The fourth-order valence-corrected chi connectivity index (χ4v) is 0.658. The highest BCUT2D eigenvalue weighted by Crippen LogP contribution is 1.95. The molecule has 4 N–H and O–H groups in total. The van der Waals surface area contributed by atoms with E-state index in [1.807, 2.05) is 0 Å². The van der Waals surface area contributed by atoms with Gasteiger partial charge < -0.3 is 16.2 Å². The molecule has 0 unspecified atom stereocenters. The number of hydrogen-bond donors (Lipinski definition) is 3. The smallest absolute Gasteiger partial charge is 0.303 e. The topological polar surface area (TPSA) is 109 Å². The van der Waals surface area contributed by atoms with Gasteiger partial charge in [-0.15, -0.1) is 0 Å². The highest BCUT2D eigenvalue weighted by Gasteiger charge is 2.14. The quantitative estimate of drug-likeness (QED) is 0.423. The summed E-state index contributed by atoms with van der Waals surface area (Å²) in [5.41, 5.74) is 4.86. The molecule has 12 heavy (non-hydrogen) atoms. The van der Waals surface area contributed by atoms with E-state index in [2.05, 4.69) is 5.32 Å². The zero-order chi connectivity index (χ0) is 9.56. The summed E-state index contributed by atoms with van der Waals surface area (Å²) in [6, 6.07) is -0.890. The second kappa shape index (κ2) is 5.11. The molecule has 0 aromatic rings. The number of carbonyl (C=O) groups is 3. The van der Waals surface area contributed by atoms with Gasteiger partial charge in [-0.25, -0.2) is 0 Å². The molecule has 0 spiro atoms. The van der Waals surface area contributed by atoms with Crippen LogP contribution < -0.4 is 11.1 Å². The molecule has 0 heterocycles. The Morgan fingerprint density at radius 3 is 2.50 bits per heavy atom. The molecule has 0 saturated carbocycles. The number of carbonyl (C=O) groups excluding carboxylic acids is 2. The Balaban J connectivity index is 3.86. The van der Waals surface area contributed by atoms with Crippen LogP contribution in [0.4, 0.5) is 0 Å². The van der Waals surface area contributed by atoms with Gasteiger partial charge in [0, 0.05) is 6.42 Å². The van der Waals surface area contributed by atoms with Gasteiger partial charge in [-0.2, -0.15) is 0 Å². The van der Waals surface area contributed by atoms with Crippen LogP contribution in [0.15, 0.2) is 0 Å². The van der Waals surface area contributed by atoms with Crippen LogP contribution in [0.5, 0.6) is 0 Å². The highest BCUT2D eigenvalue weighted by atomic mass is 16.4. The Morgan fingerprint density at radius 2 is 2.17 bits per heavy atom. The number of carboxylic acids is 1. The first-order valence-corrected chi connectivity index (χ1v) is 3.28. The van der Waals surface area contributed by atoms with Crippen molar-refractivity contribution in [1.82, 2.24) is 5.32 Å². The average Bonchev–Trinajstić information content (AvgIpc) is 1.96. The van der Waals surface area contributed by atoms with Gasteiger partial charge in [-0.05, 0) is 6.42 Å². The number of rotatable bonds is 6. The second-order valence-electron chi connectivity index (χ2n) is 2.17. The van der Waals surface area contributed by atoms with Gasteiger partial charge in [-0.1, -0.05) is 0 Å². The summed E-state index contributed by atoms with van der Waals surface area (Å²) in [4.78, 5) is 30.5. The normalized spacial score (nSPS) is 11.7. The minimum Gasteiger partial charge on any atom is -0.481 e. The van der Waals surface area contributed by atoms with E-state index in [0.29, 0.717) is 6.41 Å². The van der Waals surface area contributed by atoms with Crippen LogP contribution in [-0.4, -0.2) is 29.4 Å². The van der Waals surface area contributed by atoms with Gasteiger partial charge in [0.2, 0.25) is 12.3 Å². The monoisotopic (exact) mass is 174 g/mol. The molecular weight excluding hydrogens is 164 g/mol. The number of nitrogens with one attached hydrogen (secondary N) is 1. The van der Waals surface area contributed by atoms with Gasteiger partial charge >= 0.3 is 5.97 Å². The molecule has 0 saturated heterocycles. The van der Waals surface area contributed by atoms with Crippen LogP contribution in [-0.2, 0) is 14.4 Å². The molecule has 6 heteroatoms. The molecule has 1 atom stereocenters. The summed E-state index contributed by atoms with van der Waals surface area (Å²) in [7, 11) is 0. The third-order valence-corrected chi connectivity index (χ3v) is 1.26. The summed E-state index contributed by atoms with van der Waals surface area (Å²) >= 11 is 0. The van der Waals surface area contributed by atoms with Gasteiger partial charge in [0.1, 0.15) is 6.04 Å². The zero-order valence-corrected chi connectivity index (χ0v) is 6.32. The number of aliphatic carboxylic acids is 1. The number of hydrogen-bond acceptors (Lipinski definition) is 3. The van der Waals surface area contributed by atoms with Gasteiger partial charge in [0.05, 0.1) is 0 Å². The van der Waals surface area contributed by atoms with Crippen molar-refractivity contribution in [2.75, 3.05) is 0 Å². The summed E-state index contributed by atoms with van der Waals surface area (Å²) in [5.74, 6) is -1.77. The molecule has 0 aliphatic rings. The molecule has 0 aliphatic heterocycles. The maximum atomic E-state index is 10.5. The van der Waals surface area contributed by atoms with E-state index in [0.717, 1.165) is 0 Å². The Bertz CT molecular complexity index is 192. The zero-order valence-electron chi connectivity index (χ0n) is 6.32. The van der Waals surface area contributed by atoms with E-state index in [9.17, 15) is 14.4 Å². The molecule has 2 amide bonds. The van der Waals surface area contributed by atoms with Gasteiger partial charge in [-0.3, -0.25) is 14.4 Å². The van der Waals surface area contributed by atoms with E-state index < -0.39 is 17.9 Å². The molecule has 0 radical (unpaired) electrons. The molecule has 68 valence electrons. The summed E-state index contributed by atoms with van der Waals surface area (Å²) < 4.78 is 0. The Morgan fingerprint density at radius 1 is 1.58 bits per heavy atom. The lowest BCUT2D eigenvalue weighted by molar-refractivity contribution is -0.137. The lowest BCUT2D eigenvalue weighted by atomic mass is 10.1. The van der Waals surface area contributed by atoms with Crippen LogP contribution in [0.2, 0.25) is 0 Å². The number of primary amides is 1. The van der Waals surface area contributed by atoms with Crippen molar-refractivity contribution in [3.05, 3.63) is 0 Å². The van der Waals surface area contributed by atoms with Crippen molar-refractivity contribution >= 4 is 18.3 Å². The predicted molar refractivity (Wildman–Crippen MR) is 39.1 cm³/mol. The SMILES string of the molecule is NC(=O)[C@H](CCC(=O)O)NC=O. The van der Waals surface area contributed by atoms with Crippen molar-refractivity contribution < 1.29 is 19.5 Å². The molecule has 0 rings (SSSR count). The fourth-order valence-electron chi connectivity index (χ4n) is 0.658. The Kier molecular flexibility index (Phi) is 4.43. The minimum absolute atomic E-state index is 0.0173. The molecule has 6 nitrogen and oxygen atoms in total. The van der Waals surface area contributed by atoms with Crippen LogP contribution >= 0.6 is 0 Å². The van der Waals surface area contributed by atoms with Crippen molar-refractivity contribution in [3.8, 4) is 0 Å². The fraction of sp³-hybridized carbons (Fsp3) is 0.500. The van der Waals surface area contributed by atoms with E-state index in [4.69, 9.17) is 10.8 Å². The first kappa shape index (κ1) is 10.4. The molecule has 0 aromatic carbocycles. The lowest BCUT2D eigenvalue weighted by Gasteiger charge is -2.09. The lowest BCUT2D eigenvalue weighted by Crippen LogP contribution is -2.40. The van der Waals surface area contributed by atoms with E-state index in [1.54, 1.807) is 0 Å². The first-order chi connectivity index (χ1) is 5.57. The van der Waals surface area contributed by atoms with Crippen molar-refractivity contribution in [3.63, 3.8) is 0 Å². The highest BCUT2D eigenvalue weighted by molar-refractivity contribution is 5.82. The van der Waals surface area contributed by atoms with Crippen molar-refractivity contribution in [1.29, 1.82) is 0 Å². The van der Waals surface area contributed by atoms with Crippen LogP contribution in [0.3, 0.4) is 0 Å². The molecule has 0 fully saturated rings. The average molecular weight is 174 g/mol. The largest absolute Gasteiger partial charge is 0.481 e. The molecule has 0 bridgehead atoms. The van der Waals surface area contributed by atoms with Crippen LogP contribution in [0.1, 0.15) is 12.8 Å². The van der Waals surface area contributed by atoms with Crippen molar-refractivity contribution in [2.24, 2.45) is 5.73 Å². The Hall–Kier alpha value is -1.59. The number of carboxylic acid groups (broad SMARTS) is 1. The number of amides is 2. The van der Waals surface area contributed by atoms with Crippen LogP contribution in [0.25, 0.3) is 0 Å². The standard InChI is InChI=1S/C6H10N2O4/c7-6(12)4(8-3-9)1-2-5(10)11/h3-4H,1-2H2,(H2,7,12)(H,8,9)(H,10,11)/t4-/m0/s1. The second-order valence-corrected chi connectivity index (χ2v) is 2.17. The maximum absolute atomic E-state index is 10.5. The Labute approximate surface area is 68.7 Å². The maximum Gasteiger partial charge on any atom is 0.303 e. The third-order valence-electron chi connectivity index (χ3n) is 1.26. The van der Waals surface area contributed by atoms with E-state index >= 15 is 0 Å². The van der Waals surface area contributed by atoms with Gasteiger partial charge in [0.25, 0.3) is 0 Å². The molecular formula is C6H10N2O4. The van der Waals surface area contributed by atoms with E-state index in [1.165, 1.54) is 0 Å². The van der Waals surface area contributed by atoms with Crippen molar-refractivity contribution in [2.45, 2.75) is 18.9 Å². The summed E-state index contributed by atoms with van der Waals surface area (Å²) in [6.07, 6.45) is 0.134. The summed E-state index contributed by atoms with van der Waals surface area (Å²) in [6.45, 7) is 0. The number of nitrogens with two attached hydrogens (primary N) is 1. The van der Waals surface area contributed by atoms with Gasteiger partial charge in [0.15, 0.2) is 0 Å². The molecule has 0 aliphatic carbocycles. The molecule has 0 aromatic heterocycles. The first-order valence-electron chi connectivity index (χ1n) is 3.28. The predicted octanol–water partition coefficient (Wildman–Crippen LogP) is -1.55. The van der Waals surface area contributed by atoms with E-state index in [-0.39, 0.29) is 12.8 Å². The van der Waals surface area contributed by atoms with Crippen LogP contribution in [0, 0.1) is 0 Å². The summed E-state index contributed by atoms with van der Waals surface area (Å²) in [5, 5.41) is 10.4. The minimum atomic E-state index is -1.03.